The second-order valence-corrected chi connectivity index (χ2v) is 8.68. The Labute approximate surface area is 184 Å². The molecule has 0 aromatic heterocycles. The van der Waals surface area contributed by atoms with Gasteiger partial charge in [-0.2, -0.15) is 0 Å². The summed E-state index contributed by atoms with van der Waals surface area (Å²) >= 11 is 0. The number of hydrogen-bond donors (Lipinski definition) is 1. The quantitative estimate of drug-likeness (QED) is 0.642. The normalized spacial score (nSPS) is 12.2. The summed E-state index contributed by atoms with van der Waals surface area (Å²) in [6.45, 7) is 10.6. The van der Waals surface area contributed by atoms with Crippen LogP contribution >= 0.6 is 0 Å². The summed E-state index contributed by atoms with van der Waals surface area (Å²) in [5.74, 6) is -0.307. The van der Waals surface area contributed by atoms with Crippen LogP contribution in [0.4, 0.5) is 4.39 Å². The van der Waals surface area contributed by atoms with Gasteiger partial charge in [0.05, 0.1) is 0 Å². The number of nitrogens with one attached hydrogen (secondary N) is 1. The van der Waals surface area contributed by atoms with E-state index < -0.39 is 6.04 Å². The van der Waals surface area contributed by atoms with Crippen molar-refractivity contribution in [2.24, 2.45) is 0 Å². The predicted molar refractivity (Wildman–Crippen MR) is 120 cm³/mol. The van der Waals surface area contributed by atoms with Gasteiger partial charge in [0.25, 0.3) is 5.91 Å². The first-order valence-corrected chi connectivity index (χ1v) is 10.7. The molecular weight excluding hydrogens is 395 g/mol. The SMILES string of the molecule is CCCNC(=O)[C@H](C)N(Cc1ccc(F)cc1)C(=O)COc1ccc(C(C)(C)C)cc1. The maximum atomic E-state index is 13.3. The molecule has 1 N–H and O–H groups in total. The van der Waals surface area contributed by atoms with Crippen molar-refractivity contribution >= 4 is 11.8 Å². The van der Waals surface area contributed by atoms with Gasteiger partial charge in [0.15, 0.2) is 6.61 Å². The smallest absolute Gasteiger partial charge is 0.261 e. The van der Waals surface area contributed by atoms with Crippen molar-refractivity contribution < 1.29 is 18.7 Å². The second-order valence-electron chi connectivity index (χ2n) is 8.68. The summed E-state index contributed by atoms with van der Waals surface area (Å²) in [6.07, 6.45) is 0.804. The Morgan fingerprint density at radius 3 is 2.23 bits per heavy atom. The molecule has 0 bridgehead atoms. The highest BCUT2D eigenvalue weighted by molar-refractivity contribution is 5.87. The molecule has 168 valence electrons. The lowest BCUT2D eigenvalue weighted by atomic mass is 9.87. The zero-order valence-corrected chi connectivity index (χ0v) is 19.1. The van der Waals surface area contributed by atoms with E-state index in [4.69, 9.17) is 4.74 Å². The van der Waals surface area contributed by atoms with Crippen LogP contribution < -0.4 is 10.1 Å². The molecule has 2 aromatic rings. The maximum absolute atomic E-state index is 13.3. The van der Waals surface area contributed by atoms with Crippen molar-refractivity contribution in [3.8, 4) is 5.75 Å². The zero-order chi connectivity index (χ0) is 23.0. The summed E-state index contributed by atoms with van der Waals surface area (Å²) in [7, 11) is 0. The molecule has 0 aliphatic heterocycles. The van der Waals surface area contributed by atoms with Gasteiger partial charge in [-0.25, -0.2) is 4.39 Å². The molecule has 0 unspecified atom stereocenters. The molecule has 0 spiro atoms. The van der Waals surface area contributed by atoms with Gasteiger partial charge >= 0.3 is 0 Å². The average Bonchev–Trinajstić information content (AvgIpc) is 2.74. The van der Waals surface area contributed by atoms with Gasteiger partial charge in [0.2, 0.25) is 5.91 Å². The van der Waals surface area contributed by atoms with Gasteiger partial charge in [0.1, 0.15) is 17.6 Å². The Morgan fingerprint density at radius 1 is 1.06 bits per heavy atom. The van der Waals surface area contributed by atoms with Crippen molar-refractivity contribution in [2.75, 3.05) is 13.2 Å². The molecule has 0 saturated heterocycles. The van der Waals surface area contributed by atoms with E-state index in [-0.39, 0.29) is 36.2 Å². The summed E-state index contributed by atoms with van der Waals surface area (Å²) < 4.78 is 19.0. The zero-order valence-electron chi connectivity index (χ0n) is 19.1. The van der Waals surface area contributed by atoms with Crippen molar-refractivity contribution in [1.29, 1.82) is 0 Å². The lowest BCUT2D eigenvalue weighted by Gasteiger charge is -2.28. The summed E-state index contributed by atoms with van der Waals surface area (Å²) in [6, 6.07) is 12.9. The summed E-state index contributed by atoms with van der Waals surface area (Å²) in [5, 5.41) is 2.82. The minimum Gasteiger partial charge on any atom is -0.484 e. The first-order valence-electron chi connectivity index (χ1n) is 10.7. The minimum absolute atomic E-state index is 0.0294. The number of halogens is 1. The van der Waals surface area contributed by atoms with Crippen LogP contribution in [-0.2, 0) is 21.5 Å². The van der Waals surface area contributed by atoms with Gasteiger partial charge in [-0.3, -0.25) is 9.59 Å². The molecule has 5 nitrogen and oxygen atoms in total. The van der Waals surface area contributed by atoms with Crippen LogP contribution in [0.5, 0.6) is 5.75 Å². The molecular formula is C25H33FN2O3. The average molecular weight is 429 g/mol. The van der Waals surface area contributed by atoms with Crippen molar-refractivity contribution in [2.45, 2.75) is 59.0 Å². The van der Waals surface area contributed by atoms with Crippen LogP contribution in [0.15, 0.2) is 48.5 Å². The second kappa shape index (κ2) is 10.9. The Morgan fingerprint density at radius 2 is 1.68 bits per heavy atom. The molecule has 2 aromatic carbocycles. The molecule has 0 aliphatic carbocycles. The standard InChI is InChI=1S/C25H33FN2O3/c1-6-15-27-24(30)18(2)28(16-19-7-11-21(26)12-8-19)23(29)17-31-22-13-9-20(10-14-22)25(3,4)5/h7-14,18H,6,15-17H2,1-5H3,(H,27,30)/t18-/m0/s1. The highest BCUT2D eigenvalue weighted by Crippen LogP contribution is 2.24. The number of rotatable bonds is 9. The van der Waals surface area contributed by atoms with E-state index in [1.54, 1.807) is 19.1 Å². The predicted octanol–water partition coefficient (Wildman–Crippen LogP) is 4.45. The van der Waals surface area contributed by atoms with E-state index in [0.717, 1.165) is 12.0 Å². The van der Waals surface area contributed by atoms with E-state index >= 15 is 0 Å². The summed E-state index contributed by atoms with van der Waals surface area (Å²) in [5.41, 5.74) is 1.94. The molecule has 0 fully saturated rings. The Balaban J connectivity index is 2.10. The number of carbonyl (C=O) groups excluding carboxylic acids is 2. The third kappa shape index (κ3) is 7.39. The van der Waals surface area contributed by atoms with Crippen LogP contribution in [0, 0.1) is 5.82 Å². The van der Waals surface area contributed by atoms with E-state index in [1.807, 2.05) is 31.2 Å². The topological polar surface area (TPSA) is 58.6 Å². The number of hydrogen-bond acceptors (Lipinski definition) is 3. The fraction of sp³-hybridized carbons (Fsp3) is 0.440. The first kappa shape index (κ1) is 24.4. The Bertz CT molecular complexity index is 858. The van der Waals surface area contributed by atoms with Gasteiger partial charge in [0, 0.05) is 13.1 Å². The van der Waals surface area contributed by atoms with Gasteiger partial charge in [-0.1, -0.05) is 52.0 Å². The highest BCUT2D eigenvalue weighted by Gasteiger charge is 2.26. The lowest BCUT2D eigenvalue weighted by Crippen LogP contribution is -2.49. The Hall–Kier alpha value is -2.89. The fourth-order valence-corrected chi connectivity index (χ4v) is 3.04. The van der Waals surface area contributed by atoms with Crippen LogP contribution in [0.2, 0.25) is 0 Å². The minimum atomic E-state index is -0.684. The monoisotopic (exact) mass is 428 g/mol. The van der Waals surface area contributed by atoms with Gasteiger partial charge in [-0.05, 0) is 54.2 Å². The number of benzene rings is 2. The molecule has 1 atom stereocenters. The van der Waals surface area contributed by atoms with Crippen LogP contribution in [0.1, 0.15) is 52.2 Å². The molecule has 0 heterocycles. The number of carbonyl (C=O) groups is 2. The van der Waals surface area contributed by atoms with E-state index in [1.165, 1.54) is 22.6 Å². The molecule has 0 saturated carbocycles. The van der Waals surface area contributed by atoms with Gasteiger partial charge in [-0.15, -0.1) is 0 Å². The number of ether oxygens (including phenoxy) is 1. The Kier molecular flexibility index (Phi) is 8.60. The van der Waals surface area contributed by atoms with E-state index in [2.05, 4.69) is 26.1 Å². The molecule has 2 rings (SSSR count). The molecule has 2 amide bonds. The van der Waals surface area contributed by atoms with E-state index in [9.17, 15) is 14.0 Å². The van der Waals surface area contributed by atoms with Gasteiger partial charge < -0.3 is 15.0 Å². The van der Waals surface area contributed by atoms with Crippen molar-refractivity contribution in [3.63, 3.8) is 0 Å². The fourth-order valence-electron chi connectivity index (χ4n) is 3.04. The van der Waals surface area contributed by atoms with Crippen molar-refractivity contribution in [1.82, 2.24) is 10.2 Å². The third-order valence-corrected chi connectivity index (χ3v) is 5.07. The molecule has 0 aliphatic rings. The van der Waals surface area contributed by atoms with Crippen LogP contribution in [0.3, 0.4) is 0 Å². The number of amides is 2. The lowest BCUT2D eigenvalue weighted by molar-refractivity contribution is -0.142. The molecule has 6 heteroatoms. The highest BCUT2D eigenvalue weighted by atomic mass is 19.1. The van der Waals surface area contributed by atoms with Crippen LogP contribution in [0.25, 0.3) is 0 Å². The maximum Gasteiger partial charge on any atom is 0.261 e. The number of nitrogens with zero attached hydrogens (tertiary/aromatic N) is 1. The molecule has 31 heavy (non-hydrogen) atoms. The van der Waals surface area contributed by atoms with Crippen molar-refractivity contribution in [3.05, 3.63) is 65.5 Å². The first-order chi connectivity index (χ1) is 14.6. The summed E-state index contributed by atoms with van der Waals surface area (Å²) in [4.78, 5) is 26.9. The molecule has 0 radical (unpaired) electrons. The van der Waals surface area contributed by atoms with Crippen LogP contribution in [-0.4, -0.2) is 35.9 Å². The largest absolute Gasteiger partial charge is 0.484 e. The third-order valence-electron chi connectivity index (χ3n) is 5.07. The van der Waals surface area contributed by atoms with E-state index in [0.29, 0.717) is 12.3 Å².